The number of aliphatic hydroxyl groups is 1. The van der Waals surface area contributed by atoms with Gasteiger partial charge in [0.15, 0.2) is 0 Å². The Morgan fingerprint density at radius 2 is 1.86 bits per heavy atom. The van der Waals surface area contributed by atoms with Gasteiger partial charge in [0.25, 0.3) is 0 Å². The molecule has 1 aliphatic heterocycles. The summed E-state index contributed by atoms with van der Waals surface area (Å²) in [6, 6.07) is 8.96. The van der Waals surface area contributed by atoms with Gasteiger partial charge in [-0.1, -0.05) is 11.6 Å². The summed E-state index contributed by atoms with van der Waals surface area (Å²) in [5, 5.41) is 11.1. The number of piperidine rings is 1. The lowest BCUT2D eigenvalue weighted by Gasteiger charge is -2.41. The molecule has 36 heavy (non-hydrogen) atoms. The van der Waals surface area contributed by atoms with Gasteiger partial charge >= 0.3 is 0 Å². The molecule has 1 N–H and O–H groups in total. The van der Waals surface area contributed by atoms with Crippen molar-refractivity contribution in [2.24, 2.45) is 5.41 Å². The van der Waals surface area contributed by atoms with Crippen LogP contribution in [0.3, 0.4) is 0 Å². The molecule has 0 unspecified atom stereocenters. The van der Waals surface area contributed by atoms with E-state index in [1.807, 2.05) is 0 Å². The van der Waals surface area contributed by atoms with E-state index in [1.165, 1.54) is 18.3 Å². The van der Waals surface area contributed by atoms with E-state index >= 15 is 4.39 Å². The number of methoxy groups -OCH3 is 1. The lowest BCUT2D eigenvalue weighted by atomic mass is 9.74. The molecule has 0 amide bonds. The van der Waals surface area contributed by atoms with Gasteiger partial charge in [-0.25, -0.2) is 13.2 Å². The van der Waals surface area contributed by atoms with Crippen molar-refractivity contribution in [3.05, 3.63) is 70.4 Å². The van der Waals surface area contributed by atoms with Crippen molar-refractivity contribution >= 4 is 22.5 Å². The van der Waals surface area contributed by atoms with E-state index < -0.39 is 17.8 Å². The molecule has 1 aromatic heterocycles. The Hall–Kier alpha value is -2.35. The second kappa shape index (κ2) is 11.8. The van der Waals surface area contributed by atoms with Gasteiger partial charge in [-0.05, 0) is 99.5 Å². The summed E-state index contributed by atoms with van der Waals surface area (Å²) in [5.74, 6) is -0.495. The number of hydrogen-bond donors (Lipinski definition) is 1. The highest BCUT2D eigenvalue weighted by Gasteiger charge is 2.35. The molecule has 0 bridgehead atoms. The van der Waals surface area contributed by atoms with Crippen molar-refractivity contribution in [1.29, 1.82) is 0 Å². The molecule has 1 fully saturated rings. The first-order valence-corrected chi connectivity index (χ1v) is 12.7. The van der Waals surface area contributed by atoms with E-state index in [4.69, 9.17) is 16.3 Å². The minimum atomic E-state index is -1.29. The Kier molecular flexibility index (Phi) is 8.75. The summed E-state index contributed by atoms with van der Waals surface area (Å²) >= 11 is 6.37. The van der Waals surface area contributed by atoms with E-state index in [0.717, 1.165) is 45.0 Å². The summed E-state index contributed by atoms with van der Waals surface area (Å²) < 4.78 is 47.7. The quantitative estimate of drug-likeness (QED) is 0.324. The molecule has 0 saturated carbocycles. The summed E-state index contributed by atoms with van der Waals surface area (Å²) in [4.78, 5) is 6.60. The third-order valence-corrected chi connectivity index (χ3v) is 7.72. The van der Waals surface area contributed by atoms with E-state index in [1.54, 1.807) is 25.3 Å². The van der Waals surface area contributed by atoms with Crippen LogP contribution in [-0.4, -0.2) is 48.3 Å². The third-order valence-electron chi connectivity index (χ3n) is 7.42. The lowest BCUT2D eigenvalue weighted by molar-refractivity contribution is 0.0300. The average Bonchev–Trinajstić information content (AvgIpc) is 2.87. The lowest BCUT2D eigenvalue weighted by Crippen LogP contribution is -2.42. The van der Waals surface area contributed by atoms with Gasteiger partial charge in [0.05, 0.1) is 17.6 Å². The minimum absolute atomic E-state index is 0.00871. The van der Waals surface area contributed by atoms with E-state index in [0.29, 0.717) is 40.6 Å². The van der Waals surface area contributed by atoms with Crippen LogP contribution in [0.4, 0.5) is 13.2 Å². The largest absolute Gasteiger partial charge is 0.497 e. The maximum atomic E-state index is 15.6. The minimum Gasteiger partial charge on any atom is -0.497 e. The maximum Gasteiger partial charge on any atom is 0.127 e. The number of hydrogen-bond acceptors (Lipinski definition) is 4. The summed E-state index contributed by atoms with van der Waals surface area (Å²) in [5.41, 5.74) is 1.39. The van der Waals surface area contributed by atoms with Crippen molar-refractivity contribution < 1.29 is 23.0 Å². The molecular weight excluding hydrogens is 489 g/mol. The second-order valence-corrected chi connectivity index (χ2v) is 10.2. The van der Waals surface area contributed by atoms with E-state index in [-0.39, 0.29) is 23.5 Å². The Labute approximate surface area is 215 Å². The molecule has 4 nitrogen and oxygen atoms in total. The standard InChI is InChI=1S/C28H32ClF3N2O2/c1-36-22-4-5-26-23(16-22)27(24(29)17-33-26)25(32)6-7-28(18-35)8-11-34(12-9-28)10-2-3-19-13-20(30)15-21(31)14-19/h4-5,13-17,25,35H,2-3,6-12,18H2,1H3/t25-/m0/s1. The molecule has 0 aliphatic carbocycles. The van der Waals surface area contributed by atoms with Crippen LogP contribution in [0.15, 0.2) is 42.6 Å². The smallest absolute Gasteiger partial charge is 0.127 e. The zero-order valence-electron chi connectivity index (χ0n) is 20.5. The number of benzene rings is 2. The van der Waals surface area contributed by atoms with Crippen molar-refractivity contribution in [2.45, 2.75) is 44.7 Å². The number of pyridine rings is 1. The van der Waals surface area contributed by atoms with Gasteiger partial charge < -0.3 is 14.7 Å². The van der Waals surface area contributed by atoms with Crippen LogP contribution in [0.25, 0.3) is 10.9 Å². The Morgan fingerprint density at radius 3 is 2.53 bits per heavy atom. The molecule has 1 saturated heterocycles. The second-order valence-electron chi connectivity index (χ2n) is 9.79. The number of likely N-dealkylation sites (tertiary alicyclic amines) is 1. The predicted octanol–water partition coefficient (Wildman–Crippen LogP) is 6.67. The molecule has 3 aromatic rings. The van der Waals surface area contributed by atoms with Crippen molar-refractivity contribution in [1.82, 2.24) is 9.88 Å². The van der Waals surface area contributed by atoms with Crippen LogP contribution in [0.1, 0.15) is 49.4 Å². The number of alkyl halides is 1. The fourth-order valence-electron chi connectivity index (χ4n) is 5.19. The highest BCUT2D eigenvalue weighted by molar-refractivity contribution is 6.32. The zero-order chi connectivity index (χ0) is 25.7. The fourth-order valence-corrected chi connectivity index (χ4v) is 5.46. The molecule has 2 heterocycles. The fraction of sp³-hybridized carbons (Fsp3) is 0.464. The summed E-state index contributed by atoms with van der Waals surface area (Å²) in [7, 11) is 1.56. The molecule has 2 aromatic carbocycles. The molecular formula is C28H32ClF3N2O2. The maximum absolute atomic E-state index is 15.6. The Balaban J connectivity index is 1.33. The van der Waals surface area contributed by atoms with Crippen molar-refractivity contribution in [2.75, 3.05) is 33.4 Å². The van der Waals surface area contributed by atoms with E-state index in [9.17, 15) is 13.9 Å². The number of aliphatic hydroxyl groups excluding tert-OH is 1. The molecule has 0 radical (unpaired) electrons. The number of halogens is 4. The van der Waals surface area contributed by atoms with Crippen LogP contribution in [0.5, 0.6) is 5.75 Å². The van der Waals surface area contributed by atoms with Gasteiger partial charge in [0, 0.05) is 29.8 Å². The highest BCUT2D eigenvalue weighted by atomic mass is 35.5. The summed E-state index contributed by atoms with van der Waals surface area (Å²) in [6.45, 7) is 2.41. The first-order chi connectivity index (χ1) is 17.3. The topological polar surface area (TPSA) is 45.6 Å². The van der Waals surface area contributed by atoms with Crippen molar-refractivity contribution in [3.63, 3.8) is 0 Å². The molecule has 8 heteroatoms. The number of ether oxygens (including phenoxy) is 1. The molecule has 1 aliphatic rings. The van der Waals surface area contributed by atoms with Gasteiger partial charge in [-0.3, -0.25) is 4.98 Å². The first-order valence-electron chi connectivity index (χ1n) is 12.4. The normalized spacial score (nSPS) is 16.8. The predicted molar refractivity (Wildman–Crippen MR) is 136 cm³/mol. The number of aromatic nitrogens is 1. The molecule has 0 spiro atoms. The van der Waals surface area contributed by atoms with Gasteiger partial charge in [0.1, 0.15) is 23.6 Å². The number of nitrogens with zero attached hydrogens (tertiary/aromatic N) is 2. The number of aryl methyl sites for hydroxylation is 1. The van der Waals surface area contributed by atoms with Gasteiger partial charge in [-0.15, -0.1) is 0 Å². The first kappa shape index (κ1) is 26.7. The molecule has 1 atom stereocenters. The monoisotopic (exact) mass is 520 g/mol. The third kappa shape index (κ3) is 6.31. The Morgan fingerprint density at radius 1 is 1.14 bits per heavy atom. The average molecular weight is 521 g/mol. The van der Waals surface area contributed by atoms with Crippen LogP contribution < -0.4 is 4.74 Å². The van der Waals surface area contributed by atoms with Crippen LogP contribution >= 0.6 is 11.6 Å². The molecule has 4 rings (SSSR count). The SMILES string of the molecule is COc1ccc2ncc(Cl)c([C@@H](F)CCC3(CO)CCN(CCCc4cc(F)cc(F)c4)CC3)c2c1. The number of rotatable bonds is 10. The van der Waals surface area contributed by atoms with Gasteiger partial charge in [0.2, 0.25) is 0 Å². The summed E-state index contributed by atoms with van der Waals surface area (Å²) in [6.07, 6.45) is 3.92. The highest BCUT2D eigenvalue weighted by Crippen LogP contribution is 2.41. The molecule has 194 valence electrons. The van der Waals surface area contributed by atoms with E-state index in [2.05, 4.69) is 9.88 Å². The van der Waals surface area contributed by atoms with Crippen LogP contribution in [0, 0.1) is 17.0 Å². The number of fused-ring (bicyclic) bond motifs is 1. The Bertz CT molecular complexity index is 1160. The zero-order valence-corrected chi connectivity index (χ0v) is 21.2. The van der Waals surface area contributed by atoms with Crippen LogP contribution in [-0.2, 0) is 6.42 Å². The van der Waals surface area contributed by atoms with Gasteiger partial charge in [-0.2, -0.15) is 0 Å². The van der Waals surface area contributed by atoms with Crippen LogP contribution in [0.2, 0.25) is 5.02 Å². The van der Waals surface area contributed by atoms with Crippen molar-refractivity contribution in [3.8, 4) is 5.75 Å².